The maximum absolute atomic E-state index is 12.8. The molecule has 2 heterocycles. The molecule has 0 saturated carbocycles. The number of nitrogens with zero attached hydrogens (tertiary/aromatic N) is 3. The first-order chi connectivity index (χ1) is 13.7. The van der Waals surface area contributed by atoms with E-state index >= 15 is 0 Å². The van der Waals surface area contributed by atoms with Crippen molar-refractivity contribution < 1.29 is 9.53 Å². The Balaban J connectivity index is 1.40. The predicted octanol–water partition coefficient (Wildman–Crippen LogP) is 4.61. The Morgan fingerprint density at radius 2 is 1.89 bits per heavy atom. The van der Waals surface area contributed by atoms with Crippen LogP contribution in [0, 0.1) is 6.92 Å². The van der Waals surface area contributed by atoms with Gasteiger partial charge in [-0.3, -0.25) is 4.79 Å². The molecule has 1 amide bonds. The van der Waals surface area contributed by atoms with Crippen LogP contribution in [-0.4, -0.2) is 40.1 Å². The molecule has 1 aliphatic rings. The maximum Gasteiger partial charge on any atom is 0.253 e. The number of aryl methyl sites for hydroxylation is 1. The second-order valence-corrected chi connectivity index (χ2v) is 7.54. The van der Waals surface area contributed by atoms with E-state index in [0.717, 1.165) is 49.2 Å². The lowest BCUT2D eigenvalue weighted by Gasteiger charge is -2.33. The van der Waals surface area contributed by atoms with Crippen LogP contribution < -0.4 is 4.74 Å². The van der Waals surface area contributed by atoms with Gasteiger partial charge in [-0.05, 0) is 68.1 Å². The van der Waals surface area contributed by atoms with E-state index in [1.54, 1.807) is 0 Å². The summed E-state index contributed by atoms with van der Waals surface area (Å²) >= 11 is 0. The van der Waals surface area contributed by atoms with Gasteiger partial charge in [-0.1, -0.05) is 13.0 Å². The van der Waals surface area contributed by atoms with Crippen molar-refractivity contribution in [1.29, 1.82) is 0 Å². The summed E-state index contributed by atoms with van der Waals surface area (Å²) in [6, 6.07) is 14.3. The topological polar surface area (TPSA) is 47.4 Å². The Kier molecular flexibility index (Phi) is 5.33. The van der Waals surface area contributed by atoms with Crippen LogP contribution in [0.1, 0.15) is 48.1 Å². The number of imidazole rings is 1. The van der Waals surface area contributed by atoms with Gasteiger partial charge in [0.1, 0.15) is 5.75 Å². The van der Waals surface area contributed by atoms with E-state index < -0.39 is 0 Å². The van der Waals surface area contributed by atoms with Crippen LogP contribution >= 0.6 is 0 Å². The summed E-state index contributed by atoms with van der Waals surface area (Å²) in [5.74, 6) is 0.922. The molecule has 28 heavy (non-hydrogen) atoms. The van der Waals surface area contributed by atoms with E-state index in [2.05, 4.69) is 41.6 Å². The lowest BCUT2D eigenvalue weighted by Crippen LogP contribution is -2.39. The first kappa shape index (κ1) is 18.5. The van der Waals surface area contributed by atoms with Crippen LogP contribution in [0.4, 0.5) is 0 Å². The predicted molar refractivity (Wildman–Crippen MR) is 111 cm³/mol. The first-order valence-corrected chi connectivity index (χ1v) is 10.1. The third-order valence-corrected chi connectivity index (χ3v) is 5.45. The molecule has 0 bridgehead atoms. The van der Waals surface area contributed by atoms with Crippen molar-refractivity contribution in [1.82, 2.24) is 14.5 Å². The van der Waals surface area contributed by atoms with Crippen LogP contribution in [0.2, 0.25) is 0 Å². The number of amides is 1. The molecule has 0 spiro atoms. The third-order valence-electron chi connectivity index (χ3n) is 5.45. The number of piperidine rings is 1. The quantitative estimate of drug-likeness (QED) is 0.652. The number of hydrogen-bond donors (Lipinski definition) is 0. The summed E-state index contributed by atoms with van der Waals surface area (Å²) in [6.45, 7) is 6.42. The molecule has 1 aromatic heterocycles. The minimum absolute atomic E-state index is 0.104. The van der Waals surface area contributed by atoms with E-state index in [4.69, 9.17) is 4.74 Å². The summed E-state index contributed by atoms with van der Waals surface area (Å²) in [7, 11) is 0. The Morgan fingerprint density at radius 1 is 1.14 bits per heavy atom. The highest BCUT2D eigenvalue weighted by atomic mass is 16.5. The zero-order valence-electron chi connectivity index (χ0n) is 16.6. The van der Waals surface area contributed by atoms with Crippen molar-refractivity contribution in [3.05, 3.63) is 59.9 Å². The molecule has 4 rings (SSSR count). The zero-order chi connectivity index (χ0) is 19.5. The van der Waals surface area contributed by atoms with Crippen LogP contribution in [0.15, 0.2) is 48.8 Å². The van der Waals surface area contributed by atoms with Crippen molar-refractivity contribution in [3.8, 4) is 5.75 Å². The largest absolute Gasteiger partial charge is 0.494 e. The average Bonchev–Trinajstić information content (AvgIpc) is 3.15. The number of fused-ring (bicyclic) bond motifs is 1. The molecule has 0 radical (unpaired) electrons. The van der Waals surface area contributed by atoms with Gasteiger partial charge in [-0.2, -0.15) is 0 Å². The molecular weight excluding hydrogens is 350 g/mol. The van der Waals surface area contributed by atoms with Crippen molar-refractivity contribution in [3.63, 3.8) is 0 Å². The van der Waals surface area contributed by atoms with Gasteiger partial charge in [0.15, 0.2) is 0 Å². The molecule has 2 aromatic carbocycles. The number of hydrogen-bond acceptors (Lipinski definition) is 3. The fraction of sp³-hybridized carbons (Fsp3) is 0.391. The van der Waals surface area contributed by atoms with Gasteiger partial charge >= 0.3 is 0 Å². The van der Waals surface area contributed by atoms with Crippen molar-refractivity contribution in [2.75, 3.05) is 19.7 Å². The maximum atomic E-state index is 12.8. The summed E-state index contributed by atoms with van der Waals surface area (Å²) in [5, 5.41) is 0. The third kappa shape index (κ3) is 3.75. The summed E-state index contributed by atoms with van der Waals surface area (Å²) < 4.78 is 7.88. The van der Waals surface area contributed by atoms with Crippen molar-refractivity contribution in [2.45, 2.75) is 39.2 Å². The van der Waals surface area contributed by atoms with Crippen molar-refractivity contribution >= 4 is 16.9 Å². The SMILES string of the molecule is CCCOc1ccc(C(=O)N2CCC(n3cnc4ccc(C)cc43)CC2)cc1. The van der Waals surface area contributed by atoms with E-state index in [-0.39, 0.29) is 5.91 Å². The summed E-state index contributed by atoms with van der Waals surface area (Å²) in [6.07, 6.45) is 4.81. The number of carbonyl (C=O) groups is 1. The number of likely N-dealkylation sites (tertiary alicyclic amines) is 1. The molecule has 0 atom stereocenters. The van der Waals surface area contributed by atoms with Gasteiger partial charge in [0, 0.05) is 24.7 Å². The Labute approximate surface area is 165 Å². The van der Waals surface area contributed by atoms with Crippen LogP contribution in [0.3, 0.4) is 0 Å². The second-order valence-electron chi connectivity index (χ2n) is 7.54. The molecule has 5 nitrogen and oxygen atoms in total. The molecule has 1 saturated heterocycles. The normalized spacial score (nSPS) is 15.1. The molecule has 1 aliphatic heterocycles. The van der Waals surface area contributed by atoms with Crippen LogP contribution in [-0.2, 0) is 0 Å². The number of aromatic nitrogens is 2. The highest BCUT2D eigenvalue weighted by Gasteiger charge is 2.25. The minimum Gasteiger partial charge on any atom is -0.494 e. The molecule has 146 valence electrons. The van der Waals surface area contributed by atoms with E-state index in [9.17, 15) is 4.79 Å². The van der Waals surface area contributed by atoms with Crippen LogP contribution in [0.5, 0.6) is 5.75 Å². The molecular formula is C23H27N3O2. The number of benzene rings is 2. The standard InChI is InChI=1S/C23H27N3O2/c1-3-14-28-20-7-5-18(6-8-20)23(27)25-12-10-19(11-13-25)26-16-24-21-9-4-17(2)15-22(21)26/h4-9,15-16,19H,3,10-14H2,1-2H3. The van der Waals surface area contributed by atoms with Crippen molar-refractivity contribution in [2.24, 2.45) is 0 Å². The van der Waals surface area contributed by atoms with Gasteiger partial charge < -0.3 is 14.2 Å². The lowest BCUT2D eigenvalue weighted by atomic mass is 10.0. The van der Waals surface area contributed by atoms with Gasteiger partial charge in [-0.15, -0.1) is 0 Å². The lowest BCUT2D eigenvalue weighted by molar-refractivity contribution is 0.0696. The number of ether oxygens (including phenoxy) is 1. The number of rotatable bonds is 5. The molecule has 0 N–H and O–H groups in total. The van der Waals surface area contributed by atoms with Crippen LogP contribution in [0.25, 0.3) is 11.0 Å². The Hall–Kier alpha value is -2.82. The van der Waals surface area contributed by atoms with Gasteiger partial charge in [-0.25, -0.2) is 4.98 Å². The fourth-order valence-electron chi connectivity index (χ4n) is 3.87. The van der Waals surface area contributed by atoms with Gasteiger partial charge in [0.25, 0.3) is 5.91 Å². The zero-order valence-corrected chi connectivity index (χ0v) is 16.6. The van der Waals surface area contributed by atoms with E-state index in [1.165, 1.54) is 11.1 Å². The van der Waals surface area contributed by atoms with E-state index in [1.807, 2.05) is 35.5 Å². The summed E-state index contributed by atoms with van der Waals surface area (Å²) in [4.78, 5) is 19.3. The molecule has 0 unspecified atom stereocenters. The fourth-order valence-corrected chi connectivity index (χ4v) is 3.87. The Morgan fingerprint density at radius 3 is 2.61 bits per heavy atom. The van der Waals surface area contributed by atoms with E-state index in [0.29, 0.717) is 12.6 Å². The highest BCUT2D eigenvalue weighted by molar-refractivity contribution is 5.94. The summed E-state index contributed by atoms with van der Waals surface area (Å²) in [5.41, 5.74) is 4.20. The average molecular weight is 377 g/mol. The monoisotopic (exact) mass is 377 g/mol. The Bertz CT molecular complexity index is 954. The first-order valence-electron chi connectivity index (χ1n) is 10.1. The minimum atomic E-state index is 0.104. The van der Waals surface area contributed by atoms with Gasteiger partial charge in [0.05, 0.1) is 24.0 Å². The second kappa shape index (κ2) is 8.05. The molecule has 3 aromatic rings. The molecule has 0 aliphatic carbocycles. The molecule has 1 fully saturated rings. The highest BCUT2D eigenvalue weighted by Crippen LogP contribution is 2.28. The smallest absolute Gasteiger partial charge is 0.253 e. The van der Waals surface area contributed by atoms with Gasteiger partial charge in [0.2, 0.25) is 0 Å². The molecule has 5 heteroatoms. The number of carbonyl (C=O) groups excluding carboxylic acids is 1.